The summed E-state index contributed by atoms with van der Waals surface area (Å²) in [5, 5.41) is 1.55. The highest BCUT2D eigenvalue weighted by atomic mass is 32.2. The number of ether oxygens (including phenoxy) is 1. The lowest BCUT2D eigenvalue weighted by Gasteiger charge is -2.14. The Labute approximate surface area is 109 Å². The summed E-state index contributed by atoms with van der Waals surface area (Å²) in [7, 11) is -1.85. The highest BCUT2D eigenvalue weighted by Crippen LogP contribution is 2.05. The third-order valence-electron chi connectivity index (χ3n) is 2.59. The van der Waals surface area contributed by atoms with E-state index in [-0.39, 0.29) is 11.8 Å². The van der Waals surface area contributed by atoms with Gasteiger partial charge in [0, 0.05) is 26.3 Å². The summed E-state index contributed by atoms with van der Waals surface area (Å²) >= 11 is 0. The van der Waals surface area contributed by atoms with Crippen molar-refractivity contribution in [2.24, 2.45) is 5.73 Å². The molecule has 0 heterocycles. The molecule has 2 atom stereocenters. The van der Waals surface area contributed by atoms with Gasteiger partial charge >= 0.3 is 0 Å². The van der Waals surface area contributed by atoms with Crippen LogP contribution in [0.25, 0.3) is 0 Å². The summed E-state index contributed by atoms with van der Waals surface area (Å²) in [6, 6.07) is -0.184. The Kier molecular flexibility index (Phi) is 8.13. The smallest absolute Gasteiger partial charge is 0.238 e. The van der Waals surface area contributed by atoms with Gasteiger partial charge in [0.05, 0.1) is 5.75 Å². The van der Waals surface area contributed by atoms with Crippen molar-refractivity contribution in [1.29, 1.82) is 0 Å². The van der Waals surface area contributed by atoms with E-state index in [1.807, 2.05) is 0 Å². The Balaban J connectivity index is 4.18. The maximum atomic E-state index is 11.8. The molecule has 1 amide bonds. The van der Waals surface area contributed by atoms with Crippen LogP contribution in [0.3, 0.4) is 0 Å². The van der Waals surface area contributed by atoms with Crippen LogP contribution in [0.2, 0.25) is 0 Å². The summed E-state index contributed by atoms with van der Waals surface area (Å²) in [6.45, 7) is 4.10. The summed E-state index contributed by atoms with van der Waals surface area (Å²) in [4.78, 5) is 11.6. The Bertz CT molecular complexity index is 341. The second-order valence-electron chi connectivity index (χ2n) is 4.41. The topological polar surface area (TPSA) is 98.5 Å². The van der Waals surface area contributed by atoms with Gasteiger partial charge in [-0.2, -0.15) is 0 Å². The molecule has 0 fully saturated rings. The van der Waals surface area contributed by atoms with Crippen LogP contribution in [0, 0.1) is 0 Å². The van der Waals surface area contributed by atoms with E-state index in [4.69, 9.17) is 10.5 Å². The molecule has 18 heavy (non-hydrogen) atoms. The summed E-state index contributed by atoms with van der Waals surface area (Å²) in [5.41, 5.74) is 5.51. The molecule has 7 heteroatoms. The molecule has 0 aromatic carbocycles. The normalized spacial score (nSPS) is 15.1. The number of carbonyl (C=O) groups is 1. The molecule has 0 radical (unpaired) electrons. The molecule has 0 rings (SSSR count). The molecule has 3 N–H and O–H groups in total. The van der Waals surface area contributed by atoms with Crippen molar-refractivity contribution < 1.29 is 17.9 Å². The van der Waals surface area contributed by atoms with Crippen molar-refractivity contribution in [3.63, 3.8) is 0 Å². The number of hydrogen-bond donors (Lipinski definition) is 2. The van der Waals surface area contributed by atoms with Gasteiger partial charge in [-0.15, -0.1) is 0 Å². The van der Waals surface area contributed by atoms with Crippen LogP contribution in [0.5, 0.6) is 0 Å². The number of rotatable bonds is 9. The van der Waals surface area contributed by atoms with Crippen LogP contribution < -0.4 is 11.1 Å². The SMILES string of the molecule is COCCCNC(=O)C(C)S(=O)(=O)CCC(C)N. The van der Waals surface area contributed by atoms with Crippen LogP contribution in [0.15, 0.2) is 0 Å². The predicted molar refractivity (Wildman–Crippen MR) is 71.0 cm³/mol. The second-order valence-corrected chi connectivity index (χ2v) is 6.85. The van der Waals surface area contributed by atoms with Crippen molar-refractivity contribution in [3.05, 3.63) is 0 Å². The maximum Gasteiger partial charge on any atom is 0.238 e. The molecule has 0 aliphatic heterocycles. The van der Waals surface area contributed by atoms with Crippen molar-refractivity contribution in [1.82, 2.24) is 5.32 Å². The highest BCUT2D eigenvalue weighted by molar-refractivity contribution is 7.92. The van der Waals surface area contributed by atoms with Crippen LogP contribution in [-0.4, -0.2) is 51.6 Å². The summed E-state index contributed by atoms with van der Waals surface area (Å²) in [5.74, 6) is -0.520. The maximum absolute atomic E-state index is 11.8. The first-order chi connectivity index (χ1) is 8.31. The van der Waals surface area contributed by atoms with E-state index >= 15 is 0 Å². The number of hydrogen-bond acceptors (Lipinski definition) is 5. The Morgan fingerprint density at radius 2 is 2.00 bits per heavy atom. The zero-order valence-corrected chi connectivity index (χ0v) is 12.1. The third-order valence-corrected chi connectivity index (χ3v) is 4.69. The lowest BCUT2D eigenvalue weighted by molar-refractivity contribution is -0.120. The molecular formula is C11H24N2O4S. The fraction of sp³-hybridized carbons (Fsp3) is 0.909. The molecule has 0 aromatic heterocycles. The van der Waals surface area contributed by atoms with Crippen LogP contribution >= 0.6 is 0 Å². The minimum absolute atomic E-state index is 0.0582. The van der Waals surface area contributed by atoms with Crippen LogP contribution in [0.4, 0.5) is 0 Å². The molecule has 6 nitrogen and oxygen atoms in total. The predicted octanol–water partition coefficient (Wildman–Crippen LogP) is -0.320. The van der Waals surface area contributed by atoms with E-state index in [2.05, 4.69) is 5.32 Å². The van der Waals surface area contributed by atoms with Crippen molar-refractivity contribution in [2.45, 2.75) is 38.0 Å². The van der Waals surface area contributed by atoms with Gasteiger partial charge in [0.1, 0.15) is 5.25 Å². The molecule has 0 aromatic rings. The quantitative estimate of drug-likeness (QED) is 0.564. The fourth-order valence-electron chi connectivity index (χ4n) is 1.26. The molecular weight excluding hydrogens is 256 g/mol. The third kappa shape index (κ3) is 6.93. The average molecular weight is 280 g/mol. The van der Waals surface area contributed by atoms with Crippen LogP contribution in [0.1, 0.15) is 26.7 Å². The van der Waals surface area contributed by atoms with Crippen molar-refractivity contribution in [3.8, 4) is 0 Å². The number of amides is 1. The van der Waals surface area contributed by atoms with Gasteiger partial charge < -0.3 is 15.8 Å². The Morgan fingerprint density at radius 1 is 1.39 bits per heavy atom. The first-order valence-electron chi connectivity index (χ1n) is 6.05. The average Bonchev–Trinajstić information content (AvgIpc) is 2.31. The van der Waals surface area contributed by atoms with Gasteiger partial charge in [-0.05, 0) is 26.7 Å². The molecule has 0 bridgehead atoms. The van der Waals surface area contributed by atoms with E-state index < -0.39 is 21.0 Å². The monoisotopic (exact) mass is 280 g/mol. The first-order valence-corrected chi connectivity index (χ1v) is 7.76. The van der Waals surface area contributed by atoms with E-state index in [0.29, 0.717) is 26.0 Å². The lowest BCUT2D eigenvalue weighted by atomic mass is 10.3. The van der Waals surface area contributed by atoms with E-state index in [0.717, 1.165) is 0 Å². The van der Waals surface area contributed by atoms with Gasteiger partial charge in [-0.1, -0.05) is 0 Å². The second kappa shape index (κ2) is 8.44. The number of nitrogens with two attached hydrogens (primary N) is 1. The highest BCUT2D eigenvalue weighted by Gasteiger charge is 2.27. The van der Waals surface area contributed by atoms with Crippen molar-refractivity contribution >= 4 is 15.7 Å². The minimum Gasteiger partial charge on any atom is -0.385 e. The molecule has 0 aliphatic carbocycles. The van der Waals surface area contributed by atoms with E-state index in [1.165, 1.54) is 6.92 Å². The molecule has 0 saturated carbocycles. The molecule has 0 aliphatic rings. The van der Waals surface area contributed by atoms with Gasteiger partial charge in [0.2, 0.25) is 5.91 Å². The largest absolute Gasteiger partial charge is 0.385 e. The standard InChI is InChI=1S/C11H24N2O4S/c1-9(12)5-8-18(15,16)10(2)11(14)13-6-4-7-17-3/h9-10H,4-8,12H2,1-3H3,(H,13,14). The van der Waals surface area contributed by atoms with Gasteiger partial charge in [0.15, 0.2) is 9.84 Å². The molecule has 0 saturated heterocycles. The number of carbonyl (C=O) groups excluding carboxylic acids is 1. The summed E-state index contributed by atoms with van der Waals surface area (Å²) in [6.07, 6.45) is 1.03. The summed E-state index contributed by atoms with van der Waals surface area (Å²) < 4.78 is 28.5. The van der Waals surface area contributed by atoms with Gasteiger partial charge in [-0.3, -0.25) is 4.79 Å². The first kappa shape index (κ1) is 17.3. The number of nitrogens with one attached hydrogen (secondary N) is 1. The van der Waals surface area contributed by atoms with Gasteiger partial charge in [0.25, 0.3) is 0 Å². The molecule has 2 unspecified atom stereocenters. The number of methoxy groups -OCH3 is 1. The van der Waals surface area contributed by atoms with E-state index in [9.17, 15) is 13.2 Å². The molecule has 0 spiro atoms. The molecule has 108 valence electrons. The van der Waals surface area contributed by atoms with Crippen LogP contribution in [-0.2, 0) is 19.4 Å². The van der Waals surface area contributed by atoms with E-state index in [1.54, 1.807) is 14.0 Å². The zero-order valence-electron chi connectivity index (χ0n) is 11.3. The van der Waals surface area contributed by atoms with Crippen molar-refractivity contribution in [2.75, 3.05) is 26.0 Å². The Hall–Kier alpha value is -0.660. The Morgan fingerprint density at radius 3 is 2.50 bits per heavy atom. The minimum atomic E-state index is -3.42. The zero-order chi connectivity index (χ0) is 14.2. The van der Waals surface area contributed by atoms with Gasteiger partial charge in [-0.25, -0.2) is 8.42 Å². The lowest BCUT2D eigenvalue weighted by Crippen LogP contribution is -2.40. The number of sulfone groups is 1. The fourth-order valence-corrected chi connectivity index (χ4v) is 2.73.